The van der Waals surface area contributed by atoms with Gasteiger partial charge in [-0.15, -0.1) is 0 Å². The van der Waals surface area contributed by atoms with Gasteiger partial charge in [0.1, 0.15) is 0 Å². The van der Waals surface area contributed by atoms with Gasteiger partial charge in [-0.1, -0.05) is 31.4 Å². The van der Waals surface area contributed by atoms with Crippen molar-refractivity contribution in [3.63, 3.8) is 0 Å². The molecule has 2 aliphatic rings. The van der Waals surface area contributed by atoms with Crippen molar-refractivity contribution in [2.45, 2.75) is 63.5 Å². The molecule has 1 aliphatic carbocycles. The molecule has 1 heterocycles. The van der Waals surface area contributed by atoms with Crippen LogP contribution in [0.3, 0.4) is 0 Å². The first-order valence-corrected chi connectivity index (χ1v) is 8.94. The Morgan fingerprint density at radius 3 is 2.46 bits per heavy atom. The molecule has 1 aromatic carbocycles. The minimum atomic E-state index is -0.817. The first-order chi connectivity index (χ1) is 11.6. The van der Waals surface area contributed by atoms with E-state index in [1.54, 1.807) is 4.90 Å². The normalized spacial score (nSPS) is 20.2. The molecule has 2 N–H and O–H groups in total. The Kier molecular flexibility index (Phi) is 5.19. The molecule has 0 unspecified atom stereocenters. The maximum absolute atomic E-state index is 12.1. The van der Waals surface area contributed by atoms with Gasteiger partial charge in [0.2, 0.25) is 11.8 Å². The summed E-state index contributed by atoms with van der Waals surface area (Å²) < 4.78 is 0. The van der Waals surface area contributed by atoms with Crippen LogP contribution in [-0.4, -0.2) is 29.1 Å². The number of carbonyl (C=O) groups excluding carboxylic acids is 2. The van der Waals surface area contributed by atoms with Gasteiger partial charge in [0.05, 0.1) is 12.0 Å². The quantitative estimate of drug-likeness (QED) is 0.871. The van der Waals surface area contributed by atoms with Crippen LogP contribution < -0.4 is 10.2 Å². The van der Waals surface area contributed by atoms with E-state index in [4.69, 9.17) is 0 Å². The summed E-state index contributed by atoms with van der Waals surface area (Å²) >= 11 is 0. The Labute approximate surface area is 143 Å². The maximum atomic E-state index is 12.1. The van der Waals surface area contributed by atoms with E-state index < -0.39 is 5.60 Å². The van der Waals surface area contributed by atoms with Crippen LogP contribution in [0.5, 0.6) is 0 Å². The first kappa shape index (κ1) is 17.0. The van der Waals surface area contributed by atoms with Crippen molar-refractivity contribution >= 4 is 17.5 Å². The standard InChI is InChI=1S/C19H26N2O3/c22-17(13-19(24)10-2-1-3-11-19)20-14-15-6-8-16(9-7-15)21-12-4-5-18(21)23/h6-9,24H,1-5,10-14H2,(H,20,22). The molecule has 2 amide bonds. The van der Waals surface area contributed by atoms with E-state index in [0.29, 0.717) is 13.0 Å². The van der Waals surface area contributed by atoms with Gasteiger partial charge in [-0.2, -0.15) is 0 Å². The highest BCUT2D eigenvalue weighted by molar-refractivity contribution is 5.95. The summed E-state index contributed by atoms with van der Waals surface area (Å²) in [6.07, 6.45) is 6.32. The van der Waals surface area contributed by atoms with E-state index in [9.17, 15) is 14.7 Å². The number of aliphatic hydroxyl groups is 1. The van der Waals surface area contributed by atoms with Crippen LogP contribution in [0.1, 0.15) is 56.9 Å². The van der Waals surface area contributed by atoms with Crippen LogP contribution in [0.15, 0.2) is 24.3 Å². The molecular formula is C19H26N2O3. The molecule has 2 fully saturated rings. The summed E-state index contributed by atoms with van der Waals surface area (Å²) in [4.78, 5) is 25.6. The summed E-state index contributed by atoms with van der Waals surface area (Å²) in [5, 5.41) is 13.3. The zero-order valence-corrected chi connectivity index (χ0v) is 14.1. The van der Waals surface area contributed by atoms with E-state index >= 15 is 0 Å². The minimum absolute atomic E-state index is 0.0989. The van der Waals surface area contributed by atoms with Gasteiger partial charge in [-0.3, -0.25) is 9.59 Å². The van der Waals surface area contributed by atoms with Gasteiger partial charge < -0.3 is 15.3 Å². The van der Waals surface area contributed by atoms with Crippen molar-refractivity contribution in [2.24, 2.45) is 0 Å². The molecule has 0 atom stereocenters. The predicted octanol–water partition coefficient (Wildman–Crippen LogP) is 2.51. The van der Waals surface area contributed by atoms with Crippen molar-refractivity contribution in [1.82, 2.24) is 5.32 Å². The third-order valence-corrected chi connectivity index (χ3v) is 5.08. The molecule has 1 aliphatic heterocycles. The molecule has 0 aromatic heterocycles. The van der Waals surface area contributed by atoms with Crippen molar-refractivity contribution in [3.8, 4) is 0 Å². The second-order valence-corrected chi connectivity index (χ2v) is 7.05. The second kappa shape index (κ2) is 7.34. The van der Waals surface area contributed by atoms with E-state index in [1.807, 2.05) is 24.3 Å². The molecule has 3 rings (SSSR count). The number of nitrogens with one attached hydrogen (secondary N) is 1. The zero-order chi connectivity index (χ0) is 17.0. The molecule has 1 saturated carbocycles. The molecule has 5 nitrogen and oxygen atoms in total. The molecule has 0 bridgehead atoms. The van der Waals surface area contributed by atoms with Crippen molar-refractivity contribution in [3.05, 3.63) is 29.8 Å². The summed E-state index contributed by atoms with van der Waals surface area (Å²) in [6, 6.07) is 7.74. The average molecular weight is 330 g/mol. The fourth-order valence-electron chi connectivity index (χ4n) is 3.66. The largest absolute Gasteiger partial charge is 0.389 e. The Balaban J connectivity index is 1.49. The van der Waals surface area contributed by atoms with E-state index in [0.717, 1.165) is 56.3 Å². The molecule has 5 heteroatoms. The fraction of sp³-hybridized carbons (Fsp3) is 0.579. The Bertz CT molecular complexity index is 591. The number of carbonyl (C=O) groups is 2. The molecule has 0 spiro atoms. The van der Waals surface area contributed by atoms with E-state index in [2.05, 4.69) is 5.32 Å². The lowest BCUT2D eigenvalue weighted by Gasteiger charge is -2.31. The average Bonchev–Trinajstić information content (AvgIpc) is 3.00. The highest BCUT2D eigenvalue weighted by Crippen LogP contribution is 2.30. The van der Waals surface area contributed by atoms with Crippen LogP contribution in [0.4, 0.5) is 5.69 Å². The fourth-order valence-corrected chi connectivity index (χ4v) is 3.66. The Morgan fingerprint density at radius 2 is 1.83 bits per heavy atom. The zero-order valence-electron chi connectivity index (χ0n) is 14.1. The summed E-state index contributed by atoms with van der Waals surface area (Å²) in [5.41, 5.74) is 1.10. The summed E-state index contributed by atoms with van der Waals surface area (Å²) in [7, 11) is 0. The molecule has 24 heavy (non-hydrogen) atoms. The van der Waals surface area contributed by atoms with Gasteiger partial charge in [-0.25, -0.2) is 0 Å². The van der Waals surface area contributed by atoms with E-state index in [-0.39, 0.29) is 18.2 Å². The number of anilines is 1. The molecule has 0 radical (unpaired) electrons. The molecular weight excluding hydrogens is 304 g/mol. The highest BCUT2D eigenvalue weighted by atomic mass is 16.3. The van der Waals surface area contributed by atoms with Gasteiger partial charge in [0.25, 0.3) is 0 Å². The van der Waals surface area contributed by atoms with Crippen molar-refractivity contribution in [1.29, 1.82) is 0 Å². The first-order valence-electron chi connectivity index (χ1n) is 8.94. The van der Waals surface area contributed by atoms with Gasteiger partial charge in [0, 0.05) is 25.2 Å². The lowest BCUT2D eigenvalue weighted by Crippen LogP contribution is -2.38. The number of benzene rings is 1. The van der Waals surface area contributed by atoms with Crippen LogP contribution in [0.2, 0.25) is 0 Å². The summed E-state index contributed by atoms with van der Waals surface area (Å²) in [5.74, 6) is 0.0787. The van der Waals surface area contributed by atoms with Crippen LogP contribution in [0.25, 0.3) is 0 Å². The third-order valence-electron chi connectivity index (χ3n) is 5.08. The van der Waals surface area contributed by atoms with Gasteiger partial charge in [-0.05, 0) is 37.0 Å². The molecule has 1 saturated heterocycles. The lowest BCUT2D eigenvalue weighted by molar-refractivity contribution is -0.127. The van der Waals surface area contributed by atoms with Crippen molar-refractivity contribution < 1.29 is 14.7 Å². The second-order valence-electron chi connectivity index (χ2n) is 7.05. The summed E-state index contributed by atoms with van der Waals surface area (Å²) in [6.45, 7) is 1.23. The minimum Gasteiger partial charge on any atom is -0.389 e. The van der Waals surface area contributed by atoms with Crippen molar-refractivity contribution in [2.75, 3.05) is 11.4 Å². The van der Waals surface area contributed by atoms with Gasteiger partial charge >= 0.3 is 0 Å². The molecule has 1 aromatic rings. The number of amides is 2. The lowest BCUT2D eigenvalue weighted by atomic mass is 9.82. The highest BCUT2D eigenvalue weighted by Gasteiger charge is 2.31. The van der Waals surface area contributed by atoms with E-state index in [1.165, 1.54) is 0 Å². The smallest absolute Gasteiger partial charge is 0.227 e. The number of hydrogen-bond donors (Lipinski definition) is 2. The third kappa shape index (κ3) is 4.15. The Hall–Kier alpha value is -1.88. The van der Waals surface area contributed by atoms with Crippen LogP contribution >= 0.6 is 0 Å². The maximum Gasteiger partial charge on any atom is 0.227 e. The Morgan fingerprint density at radius 1 is 1.12 bits per heavy atom. The topological polar surface area (TPSA) is 69.6 Å². The van der Waals surface area contributed by atoms with Gasteiger partial charge in [0.15, 0.2) is 0 Å². The predicted molar refractivity (Wildman–Crippen MR) is 92.5 cm³/mol. The van der Waals surface area contributed by atoms with Crippen LogP contribution in [-0.2, 0) is 16.1 Å². The molecule has 130 valence electrons. The number of rotatable bonds is 5. The number of hydrogen-bond acceptors (Lipinski definition) is 3. The monoisotopic (exact) mass is 330 g/mol. The van der Waals surface area contributed by atoms with Crippen LogP contribution in [0, 0.1) is 0 Å². The number of nitrogens with zero attached hydrogens (tertiary/aromatic N) is 1. The SMILES string of the molecule is O=C(CC1(O)CCCCC1)NCc1ccc(N2CCCC2=O)cc1.